The third-order valence-corrected chi connectivity index (χ3v) is 5.84. The van der Waals surface area contributed by atoms with Crippen LogP contribution in [0.5, 0.6) is 0 Å². The summed E-state index contributed by atoms with van der Waals surface area (Å²) in [5, 5.41) is 8.14. The molecule has 0 fully saturated rings. The highest BCUT2D eigenvalue weighted by molar-refractivity contribution is 5.90. The van der Waals surface area contributed by atoms with Gasteiger partial charge < -0.3 is 20.6 Å². The molecule has 6 heteroatoms. The minimum atomic E-state index is -0.0151. The summed E-state index contributed by atoms with van der Waals surface area (Å²) in [6.07, 6.45) is 4.48. The number of nitrogens with one attached hydrogen (secondary N) is 4. The van der Waals surface area contributed by atoms with Gasteiger partial charge in [0.2, 0.25) is 11.8 Å². The second-order valence-corrected chi connectivity index (χ2v) is 8.79. The molecule has 0 radical (unpaired) electrons. The number of aromatic nitrogens is 2. The summed E-state index contributed by atoms with van der Waals surface area (Å²) < 4.78 is 0. The summed E-state index contributed by atoms with van der Waals surface area (Å²) in [4.78, 5) is 31.3. The van der Waals surface area contributed by atoms with Crippen LogP contribution in [0.15, 0.2) is 48.8 Å². The monoisotopic (exact) mass is 430 g/mol. The van der Waals surface area contributed by atoms with Crippen molar-refractivity contribution in [1.82, 2.24) is 20.6 Å². The number of carbonyl (C=O) groups excluding carboxylic acids is 2. The lowest BCUT2D eigenvalue weighted by atomic mass is 10.1. The van der Waals surface area contributed by atoms with Crippen molar-refractivity contribution < 1.29 is 9.59 Å². The molecule has 4 N–H and O–H groups in total. The van der Waals surface area contributed by atoms with Gasteiger partial charge in [0, 0.05) is 47.3 Å². The van der Waals surface area contributed by atoms with E-state index in [0.717, 1.165) is 32.9 Å². The summed E-state index contributed by atoms with van der Waals surface area (Å²) in [6.45, 7) is 7.16. The summed E-state index contributed by atoms with van der Waals surface area (Å²) in [6, 6.07) is 12.4. The maximum absolute atomic E-state index is 12.4. The number of fused-ring (bicyclic) bond motifs is 2. The van der Waals surface area contributed by atoms with Gasteiger partial charge in [-0.3, -0.25) is 9.59 Å². The molecule has 6 nitrogen and oxygen atoms in total. The summed E-state index contributed by atoms with van der Waals surface area (Å²) in [5.41, 5.74) is 6.46. The van der Waals surface area contributed by atoms with Crippen molar-refractivity contribution in [3.63, 3.8) is 0 Å². The van der Waals surface area contributed by atoms with E-state index in [-0.39, 0.29) is 17.7 Å². The third-order valence-electron chi connectivity index (χ3n) is 5.84. The molecule has 4 rings (SSSR count). The first-order valence-corrected chi connectivity index (χ1v) is 11.1. The van der Waals surface area contributed by atoms with Gasteiger partial charge in [-0.2, -0.15) is 0 Å². The van der Waals surface area contributed by atoms with Crippen LogP contribution in [0.1, 0.15) is 29.2 Å². The lowest BCUT2D eigenvalue weighted by molar-refractivity contribution is -0.120. The van der Waals surface area contributed by atoms with Gasteiger partial charge in [-0.15, -0.1) is 0 Å². The molecular weight excluding hydrogens is 400 g/mol. The quantitative estimate of drug-likeness (QED) is 0.341. The highest BCUT2D eigenvalue weighted by atomic mass is 16.2. The smallest absolute Gasteiger partial charge is 0.224 e. The Labute approximate surface area is 187 Å². The normalized spacial score (nSPS) is 11.4. The van der Waals surface area contributed by atoms with Crippen molar-refractivity contribution in [1.29, 1.82) is 0 Å². The van der Waals surface area contributed by atoms with E-state index in [1.54, 1.807) is 0 Å². The van der Waals surface area contributed by atoms with Gasteiger partial charge in [-0.05, 0) is 54.2 Å². The number of benzene rings is 2. The molecule has 0 saturated heterocycles. The van der Waals surface area contributed by atoms with Crippen molar-refractivity contribution in [2.24, 2.45) is 5.92 Å². The molecule has 32 heavy (non-hydrogen) atoms. The molecule has 2 amide bonds. The zero-order valence-corrected chi connectivity index (χ0v) is 18.8. The zero-order valence-electron chi connectivity index (χ0n) is 18.8. The average Bonchev–Trinajstić information content (AvgIpc) is 3.34. The molecule has 2 heterocycles. The lowest BCUT2D eigenvalue weighted by Crippen LogP contribution is -2.36. The third kappa shape index (κ3) is 5.02. The van der Waals surface area contributed by atoms with E-state index < -0.39 is 0 Å². The number of rotatable bonds is 8. The van der Waals surface area contributed by atoms with Crippen molar-refractivity contribution >= 4 is 33.6 Å². The number of hydrogen-bond acceptors (Lipinski definition) is 2. The molecular formula is C26H30N4O2. The Hall–Kier alpha value is -3.54. The number of amides is 2. The molecule has 0 aliphatic carbocycles. The van der Waals surface area contributed by atoms with E-state index in [0.29, 0.717) is 25.9 Å². The minimum absolute atomic E-state index is 0.0151. The molecule has 4 aromatic rings. The van der Waals surface area contributed by atoms with Crippen molar-refractivity contribution in [2.75, 3.05) is 13.1 Å². The average molecular weight is 431 g/mol. The topological polar surface area (TPSA) is 89.8 Å². The van der Waals surface area contributed by atoms with E-state index in [4.69, 9.17) is 0 Å². The Balaban J connectivity index is 1.22. The van der Waals surface area contributed by atoms with Crippen LogP contribution in [-0.4, -0.2) is 34.9 Å². The van der Waals surface area contributed by atoms with E-state index in [1.807, 2.05) is 33.2 Å². The fraction of sp³-hybridized carbons (Fsp3) is 0.308. The minimum Gasteiger partial charge on any atom is -0.361 e. The number of carbonyl (C=O) groups is 2. The fourth-order valence-corrected chi connectivity index (χ4v) is 4.01. The van der Waals surface area contributed by atoms with Gasteiger partial charge in [-0.1, -0.05) is 31.2 Å². The van der Waals surface area contributed by atoms with Crippen LogP contribution >= 0.6 is 0 Å². The standard InChI is InChI=1S/C26H30N4O2/c1-16-4-6-21-19(14-27-23(21)8-16)10-25(31)29-12-18(3)13-30-26(32)11-20-15-28-24-9-17(2)5-7-22(20)24/h4-9,14-15,18,27-28H,10-13H2,1-3H3,(H,29,31)(H,30,32). The molecule has 2 aromatic carbocycles. The van der Waals surface area contributed by atoms with Gasteiger partial charge in [0.15, 0.2) is 0 Å². The molecule has 2 aromatic heterocycles. The molecule has 0 saturated carbocycles. The highest BCUT2D eigenvalue weighted by Crippen LogP contribution is 2.21. The molecule has 0 aliphatic heterocycles. The fourth-order valence-electron chi connectivity index (χ4n) is 4.01. The Kier molecular flexibility index (Phi) is 6.30. The van der Waals surface area contributed by atoms with Crippen LogP contribution in [0.25, 0.3) is 21.8 Å². The predicted molar refractivity (Wildman–Crippen MR) is 129 cm³/mol. The largest absolute Gasteiger partial charge is 0.361 e. The van der Waals surface area contributed by atoms with E-state index in [9.17, 15) is 9.59 Å². The summed E-state index contributed by atoms with van der Waals surface area (Å²) >= 11 is 0. The first kappa shape index (κ1) is 21.7. The zero-order chi connectivity index (χ0) is 22.7. The van der Waals surface area contributed by atoms with Crippen LogP contribution in [0, 0.1) is 19.8 Å². The highest BCUT2D eigenvalue weighted by Gasteiger charge is 2.13. The van der Waals surface area contributed by atoms with Crippen LogP contribution in [0.2, 0.25) is 0 Å². The Bertz CT molecular complexity index is 1170. The lowest BCUT2D eigenvalue weighted by Gasteiger charge is -2.14. The SMILES string of the molecule is Cc1ccc2c(CC(=O)NCC(C)CNC(=O)Cc3c[nH]c4cc(C)ccc34)c[nH]c2c1. The Morgan fingerprint density at radius 3 is 1.66 bits per heavy atom. The Morgan fingerprint density at radius 1 is 0.781 bits per heavy atom. The number of aryl methyl sites for hydroxylation is 2. The van der Waals surface area contributed by atoms with Gasteiger partial charge in [0.05, 0.1) is 12.8 Å². The molecule has 0 unspecified atom stereocenters. The summed E-state index contributed by atoms with van der Waals surface area (Å²) in [5.74, 6) is 0.108. The van der Waals surface area contributed by atoms with E-state index >= 15 is 0 Å². The predicted octanol–water partition coefficient (Wildman–Crippen LogP) is 3.92. The van der Waals surface area contributed by atoms with Crippen LogP contribution < -0.4 is 10.6 Å². The van der Waals surface area contributed by atoms with Crippen LogP contribution in [-0.2, 0) is 22.4 Å². The molecule has 0 atom stereocenters. The maximum Gasteiger partial charge on any atom is 0.224 e. The molecule has 0 aliphatic rings. The second kappa shape index (κ2) is 9.30. The van der Waals surface area contributed by atoms with Crippen molar-refractivity contribution in [2.45, 2.75) is 33.6 Å². The number of hydrogen-bond donors (Lipinski definition) is 4. The van der Waals surface area contributed by atoms with E-state index in [2.05, 4.69) is 57.0 Å². The van der Waals surface area contributed by atoms with Gasteiger partial charge in [0.1, 0.15) is 0 Å². The second-order valence-electron chi connectivity index (χ2n) is 8.79. The maximum atomic E-state index is 12.4. The molecule has 166 valence electrons. The van der Waals surface area contributed by atoms with Crippen molar-refractivity contribution in [3.05, 3.63) is 71.0 Å². The first-order chi connectivity index (χ1) is 15.4. The van der Waals surface area contributed by atoms with Gasteiger partial charge in [0.25, 0.3) is 0 Å². The first-order valence-electron chi connectivity index (χ1n) is 11.1. The van der Waals surface area contributed by atoms with E-state index in [1.165, 1.54) is 11.1 Å². The Morgan fingerprint density at radius 2 is 1.22 bits per heavy atom. The van der Waals surface area contributed by atoms with Crippen molar-refractivity contribution in [3.8, 4) is 0 Å². The molecule has 0 spiro atoms. The summed E-state index contributed by atoms with van der Waals surface area (Å²) in [7, 11) is 0. The van der Waals surface area contributed by atoms with Crippen LogP contribution in [0.4, 0.5) is 0 Å². The van der Waals surface area contributed by atoms with Gasteiger partial charge >= 0.3 is 0 Å². The van der Waals surface area contributed by atoms with Crippen LogP contribution in [0.3, 0.4) is 0 Å². The van der Waals surface area contributed by atoms with Gasteiger partial charge in [-0.25, -0.2) is 0 Å². The number of aromatic amines is 2. The number of H-pyrrole nitrogens is 2. The molecule has 0 bridgehead atoms.